The summed E-state index contributed by atoms with van der Waals surface area (Å²) in [6.45, 7) is 2.02. The van der Waals surface area contributed by atoms with Crippen molar-refractivity contribution in [3.8, 4) is 0 Å². The van der Waals surface area contributed by atoms with Crippen LogP contribution in [-0.2, 0) is 9.53 Å². The molecule has 1 heterocycles. The van der Waals surface area contributed by atoms with E-state index >= 15 is 0 Å². The normalized spacial score (nSPS) is 13.9. The highest BCUT2D eigenvalue weighted by Gasteiger charge is 2.20. The average Bonchev–Trinajstić information content (AvgIpc) is 2.69. The third-order valence-electron chi connectivity index (χ3n) is 4.16. The minimum absolute atomic E-state index is 0.0548. The summed E-state index contributed by atoms with van der Waals surface area (Å²) < 4.78 is 18.3. The van der Waals surface area contributed by atoms with Gasteiger partial charge in [-0.3, -0.25) is 9.59 Å². The van der Waals surface area contributed by atoms with E-state index in [9.17, 15) is 14.0 Å². The quantitative estimate of drug-likeness (QED) is 0.766. The van der Waals surface area contributed by atoms with Crippen LogP contribution in [0.4, 0.5) is 15.8 Å². The molecule has 2 N–H and O–H groups in total. The largest absolute Gasteiger partial charge is 0.378 e. The van der Waals surface area contributed by atoms with Crippen molar-refractivity contribution < 1.29 is 18.7 Å². The second kappa shape index (κ2) is 9.23. The van der Waals surface area contributed by atoms with E-state index in [2.05, 4.69) is 10.6 Å². The summed E-state index contributed by atoms with van der Waals surface area (Å²) in [6, 6.07) is 8.61. The number of anilines is 2. The number of morpholine rings is 1. The highest BCUT2D eigenvalue weighted by Crippen LogP contribution is 2.24. The average molecular weight is 426 g/mol. The van der Waals surface area contributed by atoms with Gasteiger partial charge in [-0.2, -0.15) is 0 Å². The molecule has 9 heteroatoms. The number of ether oxygens (including phenoxy) is 1. The molecule has 0 radical (unpaired) electrons. The van der Waals surface area contributed by atoms with Gasteiger partial charge in [0.2, 0.25) is 5.91 Å². The maximum Gasteiger partial charge on any atom is 0.255 e. The molecule has 3 rings (SSSR count). The van der Waals surface area contributed by atoms with Crippen molar-refractivity contribution in [3.05, 3.63) is 57.8 Å². The van der Waals surface area contributed by atoms with Crippen LogP contribution in [0, 0.1) is 5.82 Å². The first-order chi connectivity index (χ1) is 13.4. The number of rotatable bonds is 5. The minimum atomic E-state index is -0.484. The number of carbonyl (C=O) groups is 2. The fourth-order valence-corrected chi connectivity index (χ4v) is 3.18. The second-order valence-corrected chi connectivity index (χ2v) is 6.94. The summed E-state index contributed by atoms with van der Waals surface area (Å²) in [5, 5.41) is 5.92. The number of benzene rings is 2. The highest BCUT2D eigenvalue weighted by atomic mass is 35.5. The third kappa shape index (κ3) is 5.13. The van der Waals surface area contributed by atoms with Gasteiger partial charge >= 0.3 is 0 Å². The molecular weight excluding hydrogens is 408 g/mol. The highest BCUT2D eigenvalue weighted by molar-refractivity contribution is 6.34. The predicted molar refractivity (Wildman–Crippen MR) is 107 cm³/mol. The lowest BCUT2D eigenvalue weighted by Gasteiger charge is -2.27. The Balaban J connectivity index is 1.58. The molecule has 28 heavy (non-hydrogen) atoms. The van der Waals surface area contributed by atoms with Gasteiger partial charge in [-0.05, 0) is 36.4 Å². The van der Waals surface area contributed by atoms with Crippen LogP contribution in [0.15, 0.2) is 36.4 Å². The first-order valence-electron chi connectivity index (χ1n) is 8.59. The molecule has 2 amide bonds. The summed E-state index contributed by atoms with van der Waals surface area (Å²) >= 11 is 12.1. The zero-order valence-electron chi connectivity index (χ0n) is 14.8. The Morgan fingerprint density at radius 3 is 2.50 bits per heavy atom. The number of carbonyl (C=O) groups excluding carboxylic acids is 2. The summed E-state index contributed by atoms with van der Waals surface area (Å²) in [6.07, 6.45) is 0. The van der Waals surface area contributed by atoms with Gasteiger partial charge in [0.25, 0.3) is 5.91 Å². The Hall–Kier alpha value is -2.35. The molecule has 148 valence electrons. The molecular formula is C19H18Cl2FN3O3. The monoisotopic (exact) mass is 425 g/mol. The summed E-state index contributed by atoms with van der Waals surface area (Å²) in [4.78, 5) is 26.3. The van der Waals surface area contributed by atoms with Crippen LogP contribution < -0.4 is 10.6 Å². The first-order valence-corrected chi connectivity index (χ1v) is 9.35. The van der Waals surface area contributed by atoms with Crippen LogP contribution in [0.25, 0.3) is 0 Å². The van der Waals surface area contributed by atoms with Crippen molar-refractivity contribution in [1.82, 2.24) is 4.90 Å². The molecule has 0 saturated carbocycles. The van der Waals surface area contributed by atoms with E-state index in [-0.39, 0.29) is 23.4 Å². The van der Waals surface area contributed by atoms with Gasteiger partial charge in [-0.1, -0.05) is 23.2 Å². The lowest BCUT2D eigenvalue weighted by atomic mass is 10.1. The van der Waals surface area contributed by atoms with E-state index in [0.29, 0.717) is 48.3 Å². The molecule has 0 aliphatic carbocycles. The van der Waals surface area contributed by atoms with E-state index in [1.54, 1.807) is 23.1 Å². The number of nitrogens with zero attached hydrogens (tertiary/aromatic N) is 1. The maximum absolute atomic E-state index is 13.0. The summed E-state index contributed by atoms with van der Waals surface area (Å²) in [5.74, 6) is -0.996. The van der Waals surface area contributed by atoms with Crippen molar-refractivity contribution in [1.29, 1.82) is 0 Å². The van der Waals surface area contributed by atoms with Gasteiger partial charge in [0.1, 0.15) is 5.82 Å². The molecule has 1 aliphatic heterocycles. The molecule has 2 aromatic carbocycles. The van der Waals surface area contributed by atoms with Gasteiger partial charge < -0.3 is 20.3 Å². The smallest absolute Gasteiger partial charge is 0.255 e. The topological polar surface area (TPSA) is 70.7 Å². The Labute approximate surface area is 171 Å². The van der Waals surface area contributed by atoms with Crippen LogP contribution >= 0.6 is 23.2 Å². The van der Waals surface area contributed by atoms with Crippen molar-refractivity contribution in [2.75, 3.05) is 43.5 Å². The molecule has 1 aliphatic rings. The van der Waals surface area contributed by atoms with Crippen LogP contribution in [0.5, 0.6) is 0 Å². The van der Waals surface area contributed by atoms with Crippen LogP contribution in [0.2, 0.25) is 10.0 Å². The number of halogens is 3. The molecule has 0 spiro atoms. The number of hydrogen-bond acceptors (Lipinski definition) is 4. The Bertz CT molecular complexity index is 889. The fourth-order valence-electron chi connectivity index (χ4n) is 2.70. The Morgan fingerprint density at radius 1 is 1.07 bits per heavy atom. The van der Waals surface area contributed by atoms with Gasteiger partial charge in [-0.15, -0.1) is 0 Å². The van der Waals surface area contributed by atoms with Gasteiger partial charge in [0.15, 0.2) is 0 Å². The van der Waals surface area contributed by atoms with Crippen LogP contribution in [0.1, 0.15) is 10.4 Å². The van der Waals surface area contributed by atoms with Gasteiger partial charge in [0.05, 0.1) is 41.1 Å². The number of hydrogen-bond donors (Lipinski definition) is 2. The second-order valence-electron chi connectivity index (χ2n) is 6.13. The molecule has 0 unspecified atom stereocenters. The van der Waals surface area contributed by atoms with Crippen molar-refractivity contribution in [2.45, 2.75) is 0 Å². The fraction of sp³-hybridized carbons (Fsp3) is 0.263. The number of amides is 2. The Kier molecular flexibility index (Phi) is 6.72. The zero-order valence-corrected chi connectivity index (χ0v) is 16.3. The predicted octanol–water partition coefficient (Wildman–Crippen LogP) is 3.66. The molecule has 1 saturated heterocycles. The molecule has 1 fully saturated rings. The summed E-state index contributed by atoms with van der Waals surface area (Å²) in [5.41, 5.74) is 1.31. The van der Waals surface area contributed by atoms with Crippen molar-refractivity contribution in [2.24, 2.45) is 0 Å². The lowest BCUT2D eigenvalue weighted by molar-refractivity contribution is -0.114. The molecule has 0 aromatic heterocycles. The first kappa shape index (κ1) is 20.4. The van der Waals surface area contributed by atoms with Crippen LogP contribution in [0.3, 0.4) is 0 Å². The Morgan fingerprint density at radius 2 is 1.82 bits per heavy atom. The molecule has 6 nitrogen and oxygen atoms in total. The summed E-state index contributed by atoms with van der Waals surface area (Å²) in [7, 11) is 0. The third-order valence-corrected chi connectivity index (χ3v) is 4.78. The molecule has 2 aromatic rings. The van der Waals surface area contributed by atoms with Crippen molar-refractivity contribution in [3.63, 3.8) is 0 Å². The SMILES string of the molecule is O=C(CNc1ccc(C(=O)N2CCOCC2)c(Cl)c1)Nc1ccc(F)cc1Cl. The minimum Gasteiger partial charge on any atom is -0.378 e. The zero-order chi connectivity index (χ0) is 20.1. The standard InChI is InChI=1S/C19H18Cl2FN3O3/c20-15-10-13(2-3-14(15)19(27)25-5-7-28-8-6-25)23-11-18(26)24-17-4-1-12(22)9-16(17)21/h1-4,9-10,23H,5-8,11H2,(H,24,26). The molecule has 0 bridgehead atoms. The van der Waals surface area contributed by atoms with E-state index in [1.165, 1.54) is 12.1 Å². The van der Waals surface area contributed by atoms with Crippen molar-refractivity contribution >= 4 is 46.4 Å². The van der Waals surface area contributed by atoms with E-state index in [1.807, 2.05) is 0 Å². The van der Waals surface area contributed by atoms with E-state index in [4.69, 9.17) is 27.9 Å². The van der Waals surface area contributed by atoms with Gasteiger partial charge in [-0.25, -0.2) is 4.39 Å². The lowest BCUT2D eigenvalue weighted by Crippen LogP contribution is -2.40. The maximum atomic E-state index is 13.0. The van der Waals surface area contributed by atoms with E-state index in [0.717, 1.165) is 6.07 Å². The van der Waals surface area contributed by atoms with Gasteiger partial charge in [0, 0.05) is 18.8 Å². The van der Waals surface area contributed by atoms with E-state index < -0.39 is 5.82 Å². The van der Waals surface area contributed by atoms with Crippen LogP contribution in [-0.4, -0.2) is 49.6 Å². The molecule has 0 atom stereocenters. The number of nitrogens with one attached hydrogen (secondary N) is 2.